The molecular formula is C81H127ClO22. The molecule has 590 valence electrons. The van der Waals surface area contributed by atoms with Gasteiger partial charge >= 0.3 is 11.9 Å². The lowest BCUT2D eigenvalue weighted by molar-refractivity contribution is -0.571. The fraction of sp³-hybridized carbons (Fsp3) is 0.975. The summed E-state index contributed by atoms with van der Waals surface area (Å²) in [4.78, 5) is 83.5. The summed E-state index contributed by atoms with van der Waals surface area (Å²) in [7, 11) is 0. The van der Waals surface area contributed by atoms with Crippen LogP contribution in [0.25, 0.3) is 0 Å². The minimum Gasteiger partial charge on any atom is -0.432 e. The molecule has 20 aliphatic heterocycles. The number of rotatable bonds is 4. The van der Waals surface area contributed by atoms with Crippen molar-refractivity contribution in [1.29, 1.82) is 0 Å². The van der Waals surface area contributed by atoms with Gasteiger partial charge in [-0.2, -0.15) is 0 Å². The maximum Gasteiger partial charge on any atom is 0.311 e. The summed E-state index contributed by atoms with van der Waals surface area (Å²) in [6, 6.07) is 0. The molecule has 0 amide bonds. The minimum absolute atomic E-state index is 0.106. The molecule has 0 N–H and O–H groups in total. The molecule has 20 heterocycles. The molecule has 0 aromatic rings. The second-order valence-corrected chi connectivity index (χ2v) is 38.1. The van der Waals surface area contributed by atoms with Crippen molar-refractivity contribution in [3.63, 3.8) is 0 Å². The monoisotopic (exact) mass is 1490 g/mol. The molecule has 38 atom stereocenters. The van der Waals surface area contributed by atoms with Gasteiger partial charge in [0.25, 0.3) is 0 Å². The summed E-state index contributed by atoms with van der Waals surface area (Å²) < 4.78 is 60.9. The average Bonchev–Trinajstić information content (AvgIpc) is 1.36. The van der Waals surface area contributed by atoms with Gasteiger partial charge in [0.1, 0.15) is 5.56 Å². The van der Waals surface area contributed by atoms with Gasteiger partial charge in [0.15, 0.2) is 46.9 Å². The van der Waals surface area contributed by atoms with Gasteiger partial charge in [-0.1, -0.05) is 94.7 Å². The van der Waals surface area contributed by atoms with E-state index < -0.39 is 75.8 Å². The molecule has 0 aromatic heterocycles. The van der Waals surface area contributed by atoms with E-state index in [1.54, 1.807) is 0 Å². The number of hydrogen-bond donors (Lipinski definition) is 0. The SMILES string of the molecule is CCC1C(=O)O[C@@H]2O[C@@]3(C)CCC4[C@H](C)CC[C@@H]1[C@]42OO3.CCC1C(=O)O[C@@H]2O[C@]3(C)CCC4[C@H](C)CC[C@@H]1[C@]42OO3.CCC1O[C@@H]2O[C@]3(C)CCC4[C@H](C)CC[C@@H]([C@H]1C)[C@]42OO3.CCC1O[C@@H]2O[C@]3(C)CCC4[C@H](C)CC[C@@H]([C@H]1C)[C@]42OO3.C[C@@H]1CC[C@H]2[C@@H](C)C(Cl)O[C@@H]3O[C@]4(C)CCC1[C@]32OO4. The van der Waals surface area contributed by atoms with Crippen LogP contribution >= 0.6 is 11.6 Å². The third-order valence-corrected chi connectivity index (χ3v) is 32.4. The number of halogens is 1. The summed E-state index contributed by atoms with van der Waals surface area (Å²) in [5.74, 6) is 3.74. The number of hydrogen-bond acceptors (Lipinski definition) is 22. The summed E-state index contributed by atoms with van der Waals surface area (Å²) in [6.07, 6.45) is 22.9. The number of ether oxygens (including phenoxy) is 10. The highest BCUT2D eigenvalue weighted by Gasteiger charge is 2.76. The largest absolute Gasteiger partial charge is 0.432 e. The first-order valence-electron chi connectivity index (χ1n) is 41.7. The Morgan fingerprint density at radius 3 is 0.827 bits per heavy atom. The van der Waals surface area contributed by atoms with E-state index in [-0.39, 0.29) is 71.9 Å². The first-order chi connectivity index (χ1) is 49.5. The van der Waals surface area contributed by atoms with Crippen molar-refractivity contribution >= 4 is 23.5 Å². The van der Waals surface area contributed by atoms with Crippen molar-refractivity contribution in [2.45, 2.75) is 378 Å². The molecule has 10 bridgehead atoms. The summed E-state index contributed by atoms with van der Waals surface area (Å²) in [5.41, 5.74) is -2.78. The molecule has 5 spiro atoms. The Kier molecular flexibility index (Phi) is 20.4. The first kappa shape index (κ1) is 76.5. The average molecular weight is 1490 g/mol. The van der Waals surface area contributed by atoms with Crippen LogP contribution in [0.4, 0.5) is 0 Å². The fourth-order valence-corrected chi connectivity index (χ4v) is 26.2. The number of esters is 2. The molecule has 25 fully saturated rings. The van der Waals surface area contributed by atoms with Crippen LogP contribution in [0.5, 0.6) is 0 Å². The lowest BCUT2D eigenvalue weighted by Gasteiger charge is -2.60. The van der Waals surface area contributed by atoms with Crippen molar-refractivity contribution < 1.29 is 106 Å². The van der Waals surface area contributed by atoms with Gasteiger partial charge in [0, 0.05) is 79.4 Å². The summed E-state index contributed by atoms with van der Waals surface area (Å²) in [6.45, 7) is 36.5. The van der Waals surface area contributed by atoms with Gasteiger partial charge in [0.05, 0.1) is 24.0 Å². The van der Waals surface area contributed by atoms with E-state index in [1.807, 2.05) is 48.5 Å². The topological polar surface area (TPSA) is 219 Å². The molecule has 5 saturated carbocycles. The highest BCUT2D eigenvalue weighted by Crippen LogP contribution is 2.67. The molecule has 22 nitrogen and oxygen atoms in total. The van der Waals surface area contributed by atoms with Crippen LogP contribution in [0.1, 0.15) is 272 Å². The zero-order chi connectivity index (χ0) is 73.4. The van der Waals surface area contributed by atoms with Gasteiger partial charge in [-0.3, -0.25) is 9.59 Å². The van der Waals surface area contributed by atoms with Crippen LogP contribution in [-0.4, -0.2) is 118 Å². The van der Waals surface area contributed by atoms with E-state index >= 15 is 0 Å². The highest BCUT2D eigenvalue weighted by molar-refractivity contribution is 6.20. The van der Waals surface area contributed by atoms with Crippen molar-refractivity contribution in [3.8, 4) is 0 Å². The fourth-order valence-electron chi connectivity index (χ4n) is 25.9. The van der Waals surface area contributed by atoms with Crippen LogP contribution in [-0.2, 0) is 106 Å². The maximum absolute atomic E-state index is 12.4. The number of carbonyl (C=O) groups excluding carboxylic acids is 2. The Morgan fingerprint density at radius 1 is 0.298 bits per heavy atom. The van der Waals surface area contributed by atoms with Gasteiger partial charge < -0.3 is 47.4 Å². The minimum atomic E-state index is -0.795. The molecule has 25 aliphatic rings. The van der Waals surface area contributed by atoms with Crippen LogP contribution in [0, 0.1) is 118 Å². The second kappa shape index (κ2) is 27.7. The molecule has 25 rings (SSSR count). The van der Waals surface area contributed by atoms with E-state index in [4.69, 9.17) is 108 Å². The standard InChI is InChI=1S/2C17H28O4.2C16H24O5.C15H23ClO4/c2*1-5-14-11(3)13-7-6-10(2)12-8-9-16(4)19-15(18-14)17(12,13)21-20-16;2*1-4-10-12-6-5-9(2)11-7-8-15(3)19-14(18-13(10)17)16(11,12)21-20-15;1-8-4-5-11-9(2)12(16)17-13-15(11)10(8)6-7-14(3,18-13)19-20-15/h2*10-15H,5-9H2,1-4H3;2*9-12,14H,4-8H2,1-3H3;8-13H,4-7H2,1-3H3/t2*10-,11-,12?,13+,14?,15-,16+,17-;9-,10?,11?,12+,14-,15+,16-;9-,10?,11?,12+,14-,15-,16-;8-,9-,10?,11+,12?,13-,14+,15-/m11111/s1. The van der Waals surface area contributed by atoms with Gasteiger partial charge in [0.2, 0.25) is 41.5 Å². The van der Waals surface area contributed by atoms with Crippen LogP contribution in [0.2, 0.25) is 0 Å². The Balaban J connectivity index is 0.000000100. The Bertz CT molecular complexity index is 2970. The number of carbonyl (C=O) groups is 2. The van der Waals surface area contributed by atoms with Gasteiger partial charge in [-0.25, -0.2) is 48.9 Å². The highest BCUT2D eigenvalue weighted by atomic mass is 35.5. The third-order valence-electron chi connectivity index (χ3n) is 31.9. The van der Waals surface area contributed by atoms with E-state index in [0.717, 1.165) is 122 Å². The van der Waals surface area contributed by atoms with Gasteiger partial charge in [-0.05, 0) is 216 Å². The predicted molar refractivity (Wildman–Crippen MR) is 372 cm³/mol. The number of alkyl halides is 1. The van der Waals surface area contributed by atoms with Crippen LogP contribution in [0.15, 0.2) is 0 Å². The molecule has 23 heteroatoms. The van der Waals surface area contributed by atoms with E-state index in [2.05, 4.69) is 69.2 Å². The van der Waals surface area contributed by atoms with Crippen LogP contribution < -0.4 is 0 Å². The zero-order valence-corrected chi connectivity index (χ0v) is 66.3. The summed E-state index contributed by atoms with van der Waals surface area (Å²) in [5, 5.41) is 0. The van der Waals surface area contributed by atoms with Crippen LogP contribution in [0.3, 0.4) is 0 Å². The normalized spacial score (nSPS) is 58.3. The zero-order valence-electron chi connectivity index (χ0n) is 65.5. The molecule has 0 radical (unpaired) electrons. The molecule has 5 aliphatic carbocycles. The summed E-state index contributed by atoms with van der Waals surface area (Å²) >= 11 is 6.40. The predicted octanol–water partition coefficient (Wildman–Crippen LogP) is 16.3. The van der Waals surface area contributed by atoms with E-state index in [0.29, 0.717) is 88.8 Å². The quantitative estimate of drug-likeness (QED) is 0.145. The van der Waals surface area contributed by atoms with E-state index in [1.165, 1.54) is 32.1 Å². The Morgan fingerprint density at radius 2 is 0.548 bits per heavy atom. The lowest BCUT2D eigenvalue weighted by atomic mass is 9.57. The van der Waals surface area contributed by atoms with Crippen molar-refractivity contribution in [3.05, 3.63) is 0 Å². The van der Waals surface area contributed by atoms with Crippen molar-refractivity contribution in [1.82, 2.24) is 0 Å². The van der Waals surface area contributed by atoms with E-state index in [9.17, 15) is 9.59 Å². The Hall–Kier alpha value is -1.49. The van der Waals surface area contributed by atoms with Crippen molar-refractivity contribution in [2.75, 3.05) is 0 Å². The smallest absolute Gasteiger partial charge is 0.311 e. The molecule has 20 saturated heterocycles. The molecule has 0 aromatic carbocycles. The van der Waals surface area contributed by atoms with Crippen molar-refractivity contribution in [2.24, 2.45) is 118 Å². The number of fused-ring (bicyclic) bond motifs is 10. The molecule has 104 heavy (non-hydrogen) atoms. The molecule has 10 unspecified atom stereocenters. The van der Waals surface area contributed by atoms with Gasteiger partial charge in [-0.15, -0.1) is 0 Å². The lowest BCUT2D eigenvalue weighted by Crippen LogP contribution is -2.70. The Labute approximate surface area is 622 Å². The second-order valence-electron chi connectivity index (χ2n) is 37.7. The molecular weight excluding hydrogens is 1360 g/mol. The first-order valence-corrected chi connectivity index (χ1v) is 42.1. The third kappa shape index (κ3) is 11.7. The maximum atomic E-state index is 12.4.